The van der Waals surface area contributed by atoms with E-state index < -0.39 is 57.9 Å². The van der Waals surface area contributed by atoms with E-state index in [4.69, 9.17) is 10.5 Å². The molecule has 1 aliphatic heterocycles. The first-order valence-corrected chi connectivity index (χ1v) is 9.01. The Kier molecular flexibility index (Phi) is 5.35. The number of alkyl halides is 5. The fraction of sp³-hybridized carbons (Fsp3) is 0.368. The number of carbonyl (C=O) groups is 1. The van der Waals surface area contributed by atoms with Crippen molar-refractivity contribution in [3.8, 4) is 0 Å². The summed E-state index contributed by atoms with van der Waals surface area (Å²) in [6.07, 6.45) is -3.77. The molecule has 0 bridgehead atoms. The van der Waals surface area contributed by atoms with Crippen molar-refractivity contribution in [1.82, 2.24) is 9.97 Å². The number of amides is 1. The van der Waals surface area contributed by atoms with Crippen LogP contribution in [0.5, 0.6) is 0 Å². The number of nitrogens with one attached hydrogen (secondary N) is 1. The summed E-state index contributed by atoms with van der Waals surface area (Å²) >= 11 is 0. The number of ether oxygens (including phenoxy) is 1. The normalized spacial score (nSPS) is 22.0. The lowest BCUT2D eigenvalue weighted by Gasteiger charge is -2.46. The molecule has 172 valence electrons. The predicted octanol–water partition coefficient (Wildman–Crippen LogP) is 3.86. The average Bonchev–Trinajstić information content (AvgIpc) is 2.67. The molecule has 1 aliphatic rings. The highest BCUT2D eigenvalue weighted by atomic mass is 19.4. The lowest BCUT2D eigenvalue weighted by atomic mass is 9.77. The van der Waals surface area contributed by atoms with Gasteiger partial charge in [0.2, 0.25) is 0 Å². The van der Waals surface area contributed by atoms with Gasteiger partial charge in [0.25, 0.3) is 11.9 Å². The summed E-state index contributed by atoms with van der Waals surface area (Å²) in [5.74, 6) is -5.77. The average molecular weight is 461 g/mol. The zero-order chi connectivity index (χ0) is 24.1. The number of benzene rings is 1. The van der Waals surface area contributed by atoms with Gasteiger partial charge in [0, 0.05) is 11.3 Å². The van der Waals surface area contributed by atoms with E-state index in [-0.39, 0.29) is 5.69 Å². The first-order valence-electron chi connectivity index (χ1n) is 9.01. The summed E-state index contributed by atoms with van der Waals surface area (Å²) < 4.78 is 87.7. The Morgan fingerprint density at radius 1 is 1.12 bits per heavy atom. The van der Waals surface area contributed by atoms with Crippen LogP contribution >= 0.6 is 0 Å². The van der Waals surface area contributed by atoms with Crippen LogP contribution < -0.4 is 11.1 Å². The molecular weight excluding hydrogens is 444 g/mol. The van der Waals surface area contributed by atoms with Crippen molar-refractivity contribution in [3.05, 3.63) is 53.4 Å². The topological polar surface area (TPSA) is 102 Å². The molecule has 2 aromatic rings. The minimum atomic E-state index is -4.74. The summed E-state index contributed by atoms with van der Waals surface area (Å²) in [5.41, 5.74) is -1.58. The van der Waals surface area contributed by atoms with Crippen molar-refractivity contribution in [2.45, 2.75) is 44.0 Å². The molecule has 0 fully saturated rings. The number of carbonyl (C=O) groups excluding carboxylic acids is 1. The molecule has 3 N–H and O–H groups in total. The number of aromatic nitrogens is 2. The Bertz CT molecular complexity index is 1080. The van der Waals surface area contributed by atoms with Gasteiger partial charge in [-0.3, -0.25) is 4.79 Å². The molecule has 0 saturated carbocycles. The molecule has 1 atom stereocenters. The number of hydrogen-bond acceptors (Lipinski definition) is 6. The number of rotatable bonds is 3. The van der Waals surface area contributed by atoms with Gasteiger partial charge in [0.05, 0.1) is 12.4 Å². The number of anilines is 1. The Hall–Kier alpha value is -3.38. The number of amidine groups is 1. The summed E-state index contributed by atoms with van der Waals surface area (Å²) in [6, 6.07) is 2.26. The Balaban J connectivity index is 1.96. The van der Waals surface area contributed by atoms with Crippen LogP contribution in [0.1, 0.15) is 42.5 Å². The van der Waals surface area contributed by atoms with E-state index in [0.29, 0.717) is 12.4 Å². The van der Waals surface area contributed by atoms with Crippen LogP contribution in [0.3, 0.4) is 0 Å². The number of halogens is 6. The molecule has 1 aromatic heterocycles. The second kappa shape index (κ2) is 7.35. The highest BCUT2D eigenvalue weighted by molar-refractivity contribution is 6.02. The van der Waals surface area contributed by atoms with Gasteiger partial charge in [-0.1, -0.05) is 0 Å². The van der Waals surface area contributed by atoms with E-state index in [1.807, 2.05) is 0 Å². The third kappa shape index (κ3) is 3.82. The van der Waals surface area contributed by atoms with Crippen molar-refractivity contribution in [2.75, 3.05) is 5.32 Å². The highest BCUT2D eigenvalue weighted by Crippen LogP contribution is 2.51. The minimum absolute atomic E-state index is 0.136. The number of aliphatic imine (C=N–C) groups is 1. The zero-order valence-corrected chi connectivity index (χ0v) is 16.9. The quantitative estimate of drug-likeness (QED) is 0.676. The van der Waals surface area contributed by atoms with Gasteiger partial charge in [-0.2, -0.15) is 22.0 Å². The third-order valence-corrected chi connectivity index (χ3v) is 4.98. The van der Waals surface area contributed by atoms with Crippen LogP contribution in [-0.4, -0.2) is 33.4 Å². The number of nitrogens with two attached hydrogens (primary N) is 1. The molecule has 1 aromatic carbocycles. The number of nitrogens with zero attached hydrogens (tertiary/aromatic N) is 3. The molecule has 0 radical (unpaired) electrons. The molecule has 3 rings (SSSR count). The summed E-state index contributed by atoms with van der Waals surface area (Å²) in [5, 5.41) is 2.25. The smallest absolute Gasteiger partial charge is 0.434 e. The van der Waals surface area contributed by atoms with E-state index >= 15 is 8.78 Å². The van der Waals surface area contributed by atoms with Crippen LogP contribution in [-0.2, 0) is 16.5 Å². The Morgan fingerprint density at radius 3 is 2.34 bits per heavy atom. The molecule has 0 saturated heterocycles. The molecule has 2 heterocycles. The highest BCUT2D eigenvalue weighted by Gasteiger charge is 2.66. The van der Waals surface area contributed by atoms with Gasteiger partial charge in [0.1, 0.15) is 11.5 Å². The van der Waals surface area contributed by atoms with Gasteiger partial charge in [-0.05, 0) is 39.0 Å². The molecule has 32 heavy (non-hydrogen) atoms. The first kappa shape index (κ1) is 23.3. The van der Waals surface area contributed by atoms with E-state index in [0.717, 1.165) is 39.0 Å². The van der Waals surface area contributed by atoms with Gasteiger partial charge in [0.15, 0.2) is 16.8 Å². The molecule has 13 heteroatoms. The Labute approximate surface area is 177 Å². The summed E-state index contributed by atoms with van der Waals surface area (Å²) in [4.78, 5) is 22.5. The maximum atomic E-state index is 15.2. The minimum Gasteiger partial charge on any atom is -0.453 e. The van der Waals surface area contributed by atoms with Crippen LogP contribution in [0.4, 0.5) is 32.0 Å². The predicted molar refractivity (Wildman–Crippen MR) is 100 cm³/mol. The fourth-order valence-corrected chi connectivity index (χ4v) is 3.22. The summed E-state index contributed by atoms with van der Waals surface area (Å²) in [7, 11) is 0. The van der Waals surface area contributed by atoms with E-state index in [1.54, 1.807) is 0 Å². The molecule has 0 aliphatic carbocycles. The maximum Gasteiger partial charge on any atom is 0.434 e. The standard InChI is InChI=1S/C19H17F6N5O2/c1-16(2)19(24,25)17(3,30-15(26)32-16)10-6-9(4-5-11(10)20)29-14(31)12-7-28-13(8-27-12)18(21,22)23/h4-8H,1-3H3,(H2,26,30)(H,29,31). The van der Waals surface area contributed by atoms with Crippen molar-refractivity contribution >= 4 is 17.6 Å². The fourth-order valence-electron chi connectivity index (χ4n) is 3.22. The lowest BCUT2D eigenvalue weighted by molar-refractivity contribution is -0.207. The van der Waals surface area contributed by atoms with Crippen molar-refractivity contribution < 1.29 is 35.9 Å². The Morgan fingerprint density at radius 2 is 1.78 bits per heavy atom. The van der Waals surface area contributed by atoms with Gasteiger partial charge >= 0.3 is 12.1 Å². The molecule has 1 unspecified atom stereocenters. The van der Waals surface area contributed by atoms with Crippen molar-refractivity contribution in [1.29, 1.82) is 0 Å². The van der Waals surface area contributed by atoms with Crippen LogP contribution in [0.15, 0.2) is 35.6 Å². The summed E-state index contributed by atoms with van der Waals surface area (Å²) in [6.45, 7) is 3.11. The van der Waals surface area contributed by atoms with Gasteiger partial charge < -0.3 is 15.8 Å². The van der Waals surface area contributed by atoms with E-state index in [1.165, 1.54) is 0 Å². The molecular formula is C19H17F6N5O2. The van der Waals surface area contributed by atoms with Crippen LogP contribution in [0.25, 0.3) is 0 Å². The van der Waals surface area contributed by atoms with Crippen molar-refractivity contribution in [2.24, 2.45) is 10.7 Å². The van der Waals surface area contributed by atoms with Gasteiger partial charge in [-0.15, -0.1) is 0 Å². The maximum absolute atomic E-state index is 15.2. The largest absolute Gasteiger partial charge is 0.453 e. The van der Waals surface area contributed by atoms with E-state index in [2.05, 4.69) is 20.3 Å². The van der Waals surface area contributed by atoms with Gasteiger partial charge in [-0.25, -0.2) is 19.4 Å². The first-order chi connectivity index (χ1) is 14.6. The molecule has 1 amide bonds. The lowest BCUT2D eigenvalue weighted by Crippen LogP contribution is -2.62. The second-order valence-corrected chi connectivity index (χ2v) is 7.64. The monoisotopic (exact) mass is 461 g/mol. The second-order valence-electron chi connectivity index (χ2n) is 7.64. The van der Waals surface area contributed by atoms with Crippen LogP contribution in [0.2, 0.25) is 0 Å². The molecule has 7 nitrogen and oxygen atoms in total. The zero-order valence-electron chi connectivity index (χ0n) is 16.9. The van der Waals surface area contributed by atoms with Crippen LogP contribution in [0, 0.1) is 5.82 Å². The third-order valence-electron chi connectivity index (χ3n) is 4.98. The van der Waals surface area contributed by atoms with E-state index in [9.17, 15) is 22.4 Å². The molecule has 0 spiro atoms. The SMILES string of the molecule is CC1(C)OC(N)=NC(C)(c2cc(NC(=O)c3cnc(C(F)(F)F)cn3)ccc2F)C1(F)F. The number of hydrogen-bond donors (Lipinski definition) is 2. The van der Waals surface area contributed by atoms with Crippen molar-refractivity contribution in [3.63, 3.8) is 0 Å².